The molecule has 0 heterocycles. The molecular weight excluding hydrogens is 266 g/mol. The van der Waals surface area contributed by atoms with E-state index in [0.717, 1.165) is 0 Å². The van der Waals surface area contributed by atoms with Gasteiger partial charge in [0, 0.05) is 11.6 Å². The van der Waals surface area contributed by atoms with E-state index in [1.807, 2.05) is 20.8 Å². The van der Waals surface area contributed by atoms with Gasteiger partial charge in [-0.25, -0.2) is 0 Å². The number of hydrogen-bond acceptors (Lipinski definition) is 3. The fourth-order valence-electron chi connectivity index (χ4n) is 1.51. The second kappa shape index (κ2) is 6.66. The maximum absolute atomic E-state index is 12.1. The molecule has 106 valence electrons. The summed E-state index contributed by atoms with van der Waals surface area (Å²) in [6.45, 7) is 6.06. The number of hydrogen-bond donors (Lipinski definition) is 1. The van der Waals surface area contributed by atoms with Gasteiger partial charge < -0.3 is 14.8 Å². The van der Waals surface area contributed by atoms with Crippen LogP contribution < -0.4 is 14.8 Å². The lowest BCUT2D eigenvalue weighted by atomic mass is 10.1. The summed E-state index contributed by atoms with van der Waals surface area (Å²) in [5, 5.41) is 3.27. The Morgan fingerprint density at radius 3 is 2.32 bits per heavy atom. The zero-order chi connectivity index (χ0) is 14.6. The Bertz CT molecular complexity index is 460. The van der Waals surface area contributed by atoms with E-state index in [2.05, 4.69) is 5.32 Å². The molecule has 0 saturated heterocycles. The molecule has 0 aliphatic carbocycles. The zero-order valence-electron chi connectivity index (χ0n) is 11.9. The topological polar surface area (TPSA) is 47.6 Å². The minimum absolute atomic E-state index is 0.0828. The Kier molecular flexibility index (Phi) is 5.48. The number of nitrogens with one attached hydrogen (secondary N) is 1. The lowest BCUT2D eigenvalue weighted by Crippen LogP contribution is -2.36. The molecule has 4 nitrogen and oxygen atoms in total. The van der Waals surface area contributed by atoms with Gasteiger partial charge in [0.05, 0.1) is 19.2 Å². The first kappa shape index (κ1) is 15.6. The molecule has 1 rings (SSSR count). The minimum Gasteiger partial charge on any atom is -0.493 e. The molecule has 0 fully saturated rings. The molecule has 1 N–H and O–H groups in total. The molecule has 1 atom stereocenters. The van der Waals surface area contributed by atoms with Gasteiger partial charge >= 0.3 is 0 Å². The van der Waals surface area contributed by atoms with Gasteiger partial charge in [-0.05, 0) is 25.0 Å². The molecule has 1 unspecified atom stereocenters. The highest BCUT2D eigenvalue weighted by molar-refractivity contribution is 6.32. The second-order valence-electron chi connectivity index (χ2n) is 4.70. The molecular formula is C14H20ClNO3. The van der Waals surface area contributed by atoms with Crippen LogP contribution in [0.3, 0.4) is 0 Å². The van der Waals surface area contributed by atoms with E-state index in [4.69, 9.17) is 21.1 Å². The van der Waals surface area contributed by atoms with Crippen molar-refractivity contribution in [2.75, 3.05) is 14.2 Å². The zero-order valence-corrected chi connectivity index (χ0v) is 12.7. The Morgan fingerprint density at radius 1 is 1.21 bits per heavy atom. The van der Waals surface area contributed by atoms with Crippen molar-refractivity contribution in [2.45, 2.75) is 26.8 Å². The van der Waals surface area contributed by atoms with Crippen molar-refractivity contribution in [2.24, 2.45) is 5.92 Å². The normalized spacial score (nSPS) is 12.2. The van der Waals surface area contributed by atoms with E-state index in [1.165, 1.54) is 14.2 Å². The first-order chi connectivity index (χ1) is 8.90. The van der Waals surface area contributed by atoms with E-state index in [-0.39, 0.29) is 11.9 Å². The monoisotopic (exact) mass is 285 g/mol. The van der Waals surface area contributed by atoms with Gasteiger partial charge in [0.25, 0.3) is 5.91 Å². The lowest BCUT2D eigenvalue weighted by Gasteiger charge is -2.18. The fourth-order valence-corrected chi connectivity index (χ4v) is 1.79. The Morgan fingerprint density at radius 2 is 1.84 bits per heavy atom. The van der Waals surface area contributed by atoms with Crippen LogP contribution in [0.5, 0.6) is 11.5 Å². The van der Waals surface area contributed by atoms with Gasteiger partial charge in [-0.1, -0.05) is 25.4 Å². The molecule has 1 aromatic carbocycles. The van der Waals surface area contributed by atoms with Crippen molar-refractivity contribution < 1.29 is 14.3 Å². The Hall–Kier alpha value is -1.42. The van der Waals surface area contributed by atoms with E-state index in [9.17, 15) is 4.79 Å². The van der Waals surface area contributed by atoms with Crippen molar-refractivity contribution in [3.63, 3.8) is 0 Å². The summed E-state index contributed by atoms with van der Waals surface area (Å²) in [5.74, 6) is 1.05. The standard InChI is InChI=1S/C14H20ClNO3/c1-8(2)9(3)16-14(17)10-6-11(15)13(19-5)12(7-10)18-4/h6-9H,1-5H3,(H,16,17). The lowest BCUT2D eigenvalue weighted by molar-refractivity contribution is 0.0930. The van der Waals surface area contributed by atoms with Crippen LogP contribution in [0.15, 0.2) is 12.1 Å². The van der Waals surface area contributed by atoms with E-state index in [0.29, 0.717) is 28.0 Å². The highest BCUT2D eigenvalue weighted by Crippen LogP contribution is 2.35. The third kappa shape index (κ3) is 3.77. The first-order valence-corrected chi connectivity index (χ1v) is 6.50. The molecule has 5 heteroatoms. The summed E-state index contributed by atoms with van der Waals surface area (Å²) >= 11 is 6.07. The van der Waals surface area contributed by atoms with Gasteiger partial charge in [-0.15, -0.1) is 0 Å². The molecule has 0 aliphatic heterocycles. The number of ether oxygens (including phenoxy) is 2. The van der Waals surface area contributed by atoms with Crippen molar-refractivity contribution in [1.82, 2.24) is 5.32 Å². The molecule has 0 spiro atoms. The number of carbonyl (C=O) groups excluding carboxylic acids is 1. The van der Waals surface area contributed by atoms with Crippen molar-refractivity contribution in [3.05, 3.63) is 22.7 Å². The minimum atomic E-state index is -0.177. The number of methoxy groups -OCH3 is 2. The molecule has 1 aromatic rings. The van der Waals surface area contributed by atoms with Crippen molar-refractivity contribution >= 4 is 17.5 Å². The van der Waals surface area contributed by atoms with Crippen LogP contribution >= 0.6 is 11.6 Å². The highest BCUT2D eigenvalue weighted by Gasteiger charge is 2.17. The fraction of sp³-hybridized carbons (Fsp3) is 0.500. The van der Waals surface area contributed by atoms with Gasteiger partial charge in [0.2, 0.25) is 0 Å². The van der Waals surface area contributed by atoms with Crippen LogP contribution in [0.2, 0.25) is 5.02 Å². The summed E-state index contributed by atoms with van der Waals surface area (Å²) in [5.41, 5.74) is 0.454. The van der Waals surface area contributed by atoms with Crippen LogP contribution in [-0.2, 0) is 0 Å². The number of amides is 1. The van der Waals surface area contributed by atoms with Crippen LogP contribution in [0, 0.1) is 5.92 Å². The van der Waals surface area contributed by atoms with Gasteiger partial charge in [0.15, 0.2) is 11.5 Å². The second-order valence-corrected chi connectivity index (χ2v) is 5.11. The predicted octanol–water partition coefficient (Wildman–Crippen LogP) is 3.13. The summed E-state index contributed by atoms with van der Waals surface area (Å²) in [4.78, 5) is 12.1. The SMILES string of the molecule is COc1cc(C(=O)NC(C)C(C)C)cc(Cl)c1OC. The predicted molar refractivity (Wildman–Crippen MR) is 76.3 cm³/mol. The summed E-state index contributed by atoms with van der Waals surface area (Å²) in [7, 11) is 3.01. The first-order valence-electron chi connectivity index (χ1n) is 6.13. The summed E-state index contributed by atoms with van der Waals surface area (Å²) in [6, 6.07) is 3.28. The van der Waals surface area contributed by atoms with Crippen LogP contribution in [0.25, 0.3) is 0 Å². The van der Waals surface area contributed by atoms with E-state index < -0.39 is 0 Å². The van der Waals surface area contributed by atoms with E-state index in [1.54, 1.807) is 12.1 Å². The number of rotatable bonds is 5. The average Bonchev–Trinajstić information content (AvgIpc) is 2.37. The van der Waals surface area contributed by atoms with E-state index >= 15 is 0 Å². The molecule has 0 saturated carbocycles. The third-order valence-corrected chi connectivity index (χ3v) is 3.34. The van der Waals surface area contributed by atoms with Gasteiger partial charge in [0.1, 0.15) is 0 Å². The van der Waals surface area contributed by atoms with Crippen LogP contribution in [-0.4, -0.2) is 26.2 Å². The Balaban J connectivity index is 3.02. The van der Waals surface area contributed by atoms with Crippen molar-refractivity contribution in [3.8, 4) is 11.5 Å². The maximum atomic E-state index is 12.1. The third-order valence-electron chi connectivity index (χ3n) is 3.05. The van der Waals surface area contributed by atoms with Crippen LogP contribution in [0.4, 0.5) is 0 Å². The quantitative estimate of drug-likeness (QED) is 0.904. The number of carbonyl (C=O) groups is 1. The molecule has 0 aromatic heterocycles. The van der Waals surface area contributed by atoms with Gasteiger partial charge in [-0.3, -0.25) is 4.79 Å². The molecule has 19 heavy (non-hydrogen) atoms. The molecule has 1 amide bonds. The largest absolute Gasteiger partial charge is 0.493 e. The summed E-state index contributed by atoms with van der Waals surface area (Å²) in [6.07, 6.45) is 0. The number of benzene rings is 1. The average molecular weight is 286 g/mol. The maximum Gasteiger partial charge on any atom is 0.251 e. The summed E-state index contributed by atoms with van der Waals surface area (Å²) < 4.78 is 10.3. The Labute approximate surface area is 119 Å². The smallest absolute Gasteiger partial charge is 0.251 e. The van der Waals surface area contributed by atoms with Crippen molar-refractivity contribution in [1.29, 1.82) is 0 Å². The number of halogens is 1. The van der Waals surface area contributed by atoms with Crippen LogP contribution in [0.1, 0.15) is 31.1 Å². The molecule has 0 radical (unpaired) electrons. The molecule has 0 bridgehead atoms. The van der Waals surface area contributed by atoms with Gasteiger partial charge in [-0.2, -0.15) is 0 Å². The molecule has 0 aliphatic rings. The highest BCUT2D eigenvalue weighted by atomic mass is 35.5.